The van der Waals surface area contributed by atoms with Gasteiger partial charge in [-0.25, -0.2) is 13.8 Å². The third-order valence-electron chi connectivity index (χ3n) is 4.69. The molecule has 0 saturated heterocycles. The SMILES string of the molecule is O=C(Nc1cnc(-n2nccn2)c(Cl)c1)c1cc(F)c(-c2ccc(F)cc2NCCO)cc1Cl. The lowest BCUT2D eigenvalue weighted by molar-refractivity contribution is 0.102. The van der Waals surface area contributed by atoms with E-state index in [2.05, 4.69) is 25.8 Å². The average Bonchev–Trinajstić information content (AvgIpc) is 3.34. The highest BCUT2D eigenvalue weighted by Gasteiger charge is 2.19. The van der Waals surface area contributed by atoms with Gasteiger partial charge in [0.05, 0.1) is 46.5 Å². The monoisotopic (exact) mass is 504 g/mol. The van der Waals surface area contributed by atoms with Crippen molar-refractivity contribution in [2.45, 2.75) is 0 Å². The Kier molecular flexibility index (Phi) is 7.01. The normalized spacial score (nSPS) is 10.9. The molecule has 0 spiro atoms. The molecule has 3 N–H and O–H groups in total. The van der Waals surface area contributed by atoms with E-state index < -0.39 is 17.5 Å². The zero-order valence-corrected chi connectivity index (χ0v) is 18.8. The minimum Gasteiger partial charge on any atom is -0.395 e. The van der Waals surface area contributed by atoms with Gasteiger partial charge in [0.2, 0.25) is 0 Å². The van der Waals surface area contributed by atoms with E-state index in [1.807, 2.05) is 0 Å². The van der Waals surface area contributed by atoms with E-state index in [1.54, 1.807) is 0 Å². The van der Waals surface area contributed by atoms with Gasteiger partial charge in [-0.3, -0.25) is 4.79 Å². The Morgan fingerprint density at radius 2 is 1.79 bits per heavy atom. The summed E-state index contributed by atoms with van der Waals surface area (Å²) < 4.78 is 28.7. The first-order valence-electron chi connectivity index (χ1n) is 9.84. The third-order valence-corrected chi connectivity index (χ3v) is 5.28. The van der Waals surface area contributed by atoms with E-state index in [0.717, 1.165) is 6.07 Å². The van der Waals surface area contributed by atoms with Gasteiger partial charge in [0, 0.05) is 23.4 Å². The number of anilines is 2. The van der Waals surface area contributed by atoms with Crippen LogP contribution in [0.4, 0.5) is 20.2 Å². The summed E-state index contributed by atoms with van der Waals surface area (Å²) in [6, 6.07) is 7.45. The van der Waals surface area contributed by atoms with Crippen LogP contribution in [0.5, 0.6) is 0 Å². The quantitative estimate of drug-likeness (QED) is 0.340. The van der Waals surface area contributed by atoms with E-state index >= 15 is 4.39 Å². The molecule has 0 saturated carbocycles. The van der Waals surface area contributed by atoms with Gasteiger partial charge >= 0.3 is 0 Å². The molecule has 1 amide bonds. The Balaban J connectivity index is 1.60. The van der Waals surface area contributed by atoms with Crippen molar-refractivity contribution in [3.63, 3.8) is 0 Å². The third kappa shape index (κ3) is 4.98. The lowest BCUT2D eigenvalue weighted by Crippen LogP contribution is -2.14. The zero-order chi connectivity index (χ0) is 24.2. The van der Waals surface area contributed by atoms with Crippen LogP contribution >= 0.6 is 23.2 Å². The number of aliphatic hydroxyl groups is 1. The summed E-state index contributed by atoms with van der Waals surface area (Å²) in [4.78, 5) is 18.1. The molecule has 2 aromatic heterocycles. The Morgan fingerprint density at radius 3 is 2.50 bits per heavy atom. The number of carbonyl (C=O) groups is 1. The maximum atomic E-state index is 15.0. The van der Waals surface area contributed by atoms with Crippen LogP contribution in [0, 0.1) is 11.6 Å². The molecule has 8 nitrogen and oxygen atoms in total. The van der Waals surface area contributed by atoms with Crippen molar-refractivity contribution < 1.29 is 18.7 Å². The number of amides is 1. The van der Waals surface area contributed by atoms with Crippen molar-refractivity contribution >= 4 is 40.5 Å². The van der Waals surface area contributed by atoms with Gasteiger partial charge < -0.3 is 15.7 Å². The van der Waals surface area contributed by atoms with Crippen LogP contribution in [0.2, 0.25) is 10.0 Å². The number of hydrogen-bond donors (Lipinski definition) is 3. The summed E-state index contributed by atoms with van der Waals surface area (Å²) >= 11 is 12.5. The lowest BCUT2D eigenvalue weighted by Gasteiger charge is -2.14. The first kappa shape index (κ1) is 23.6. The van der Waals surface area contributed by atoms with Gasteiger partial charge in [-0.1, -0.05) is 23.2 Å². The zero-order valence-electron chi connectivity index (χ0n) is 17.3. The number of nitrogens with zero attached hydrogens (tertiary/aromatic N) is 4. The van der Waals surface area contributed by atoms with E-state index in [0.29, 0.717) is 5.56 Å². The fraction of sp³-hybridized carbons (Fsp3) is 0.0909. The Labute approximate surface area is 202 Å². The van der Waals surface area contributed by atoms with Crippen LogP contribution in [0.3, 0.4) is 0 Å². The van der Waals surface area contributed by atoms with Gasteiger partial charge in [-0.15, -0.1) is 4.80 Å². The molecule has 0 unspecified atom stereocenters. The summed E-state index contributed by atoms with van der Waals surface area (Å²) in [5.41, 5.74) is 0.779. The fourth-order valence-electron chi connectivity index (χ4n) is 3.19. The molecule has 0 bridgehead atoms. The molecular weight excluding hydrogens is 489 g/mol. The topological polar surface area (TPSA) is 105 Å². The number of hydrogen-bond acceptors (Lipinski definition) is 6. The first-order valence-corrected chi connectivity index (χ1v) is 10.6. The number of carbonyl (C=O) groups excluding carboxylic acids is 1. The van der Waals surface area contributed by atoms with Gasteiger partial charge in [0.1, 0.15) is 11.6 Å². The van der Waals surface area contributed by atoms with Crippen molar-refractivity contribution in [3.05, 3.63) is 82.2 Å². The van der Waals surface area contributed by atoms with Crippen LogP contribution in [-0.4, -0.2) is 44.1 Å². The minimum atomic E-state index is -0.746. The van der Waals surface area contributed by atoms with E-state index in [-0.39, 0.29) is 51.5 Å². The maximum Gasteiger partial charge on any atom is 0.257 e. The van der Waals surface area contributed by atoms with Crippen LogP contribution in [0.1, 0.15) is 10.4 Å². The van der Waals surface area contributed by atoms with Crippen molar-refractivity contribution in [2.75, 3.05) is 23.8 Å². The second kappa shape index (κ2) is 10.1. The molecule has 0 aliphatic carbocycles. The van der Waals surface area contributed by atoms with Crippen molar-refractivity contribution in [3.8, 4) is 16.9 Å². The standard InChI is InChI=1S/C22H16Cl2F2N6O2/c23-17-9-15(14-2-1-12(25)7-20(14)27-5-6-33)19(26)10-16(17)22(34)31-13-8-18(24)21(28-11-13)32-29-3-4-30-32/h1-4,7-11,27,33H,5-6H2,(H,31,34). The second-order valence-electron chi connectivity index (χ2n) is 6.95. The summed E-state index contributed by atoms with van der Waals surface area (Å²) in [6.07, 6.45) is 4.27. The molecule has 34 heavy (non-hydrogen) atoms. The molecule has 0 atom stereocenters. The number of aliphatic hydroxyl groups excluding tert-OH is 1. The largest absolute Gasteiger partial charge is 0.395 e. The predicted octanol–water partition coefficient (Wildman–Crippen LogP) is 4.57. The van der Waals surface area contributed by atoms with Gasteiger partial charge in [0.25, 0.3) is 5.91 Å². The highest BCUT2D eigenvalue weighted by molar-refractivity contribution is 6.35. The molecule has 0 radical (unpaired) electrons. The van der Waals surface area contributed by atoms with Crippen molar-refractivity contribution in [1.82, 2.24) is 20.0 Å². The molecule has 2 aromatic carbocycles. The van der Waals surface area contributed by atoms with Crippen molar-refractivity contribution in [1.29, 1.82) is 0 Å². The van der Waals surface area contributed by atoms with Gasteiger partial charge in [0.15, 0.2) is 5.82 Å². The van der Waals surface area contributed by atoms with Gasteiger partial charge in [-0.2, -0.15) is 10.2 Å². The molecule has 12 heteroatoms. The molecule has 174 valence electrons. The van der Waals surface area contributed by atoms with Crippen LogP contribution < -0.4 is 10.6 Å². The Bertz CT molecular complexity index is 1350. The number of pyridine rings is 1. The maximum absolute atomic E-state index is 15.0. The molecule has 0 aliphatic heterocycles. The minimum absolute atomic E-state index is 0.0252. The molecule has 0 fully saturated rings. The molecule has 2 heterocycles. The first-order chi connectivity index (χ1) is 16.4. The Hall–Kier alpha value is -3.60. The number of rotatable bonds is 7. The van der Waals surface area contributed by atoms with Crippen LogP contribution in [0.25, 0.3) is 16.9 Å². The van der Waals surface area contributed by atoms with E-state index in [4.69, 9.17) is 28.3 Å². The average molecular weight is 505 g/mol. The molecule has 4 aromatic rings. The number of nitrogens with one attached hydrogen (secondary N) is 2. The summed E-state index contributed by atoms with van der Waals surface area (Å²) in [5.74, 6) is -1.70. The smallest absolute Gasteiger partial charge is 0.257 e. The summed E-state index contributed by atoms with van der Waals surface area (Å²) in [5, 5.41) is 22.5. The molecule has 4 rings (SSSR count). The number of aromatic nitrogens is 4. The fourth-order valence-corrected chi connectivity index (χ4v) is 3.68. The summed E-state index contributed by atoms with van der Waals surface area (Å²) in [7, 11) is 0. The second-order valence-corrected chi connectivity index (χ2v) is 7.77. The summed E-state index contributed by atoms with van der Waals surface area (Å²) in [6.45, 7) is -0.0608. The van der Waals surface area contributed by atoms with Gasteiger partial charge in [-0.05, 0) is 36.4 Å². The highest BCUT2D eigenvalue weighted by atomic mass is 35.5. The van der Waals surface area contributed by atoms with Crippen LogP contribution in [-0.2, 0) is 0 Å². The number of benzene rings is 2. The lowest BCUT2D eigenvalue weighted by atomic mass is 10.0. The molecule has 0 aliphatic rings. The Morgan fingerprint density at radius 1 is 1.03 bits per heavy atom. The van der Waals surface area contributed by atoms with Crippen LogP contribution in [0.15, 0.2) is 55.0 Å². The predicted molar refractivity (Wildman–Crippen MR) is 124 cm³/mol. The number of halogens is 4. The molecular formula is C22H16Cl2F2N6O2. The van der Waals surface area contributed by atoms with E-state index in [1.165, 1.54) is 53.7 Å². The highest BCUT2D eigenvalue weighted by Crippen LogP contribution is 2.34. The van der Waals surface area contributed by atoms with Crippen molar-refractivity contribution in [2.24, 2.45) is 0 Å². The van der Waals surface area contributed by atoms with E-state index in [9.17, 15) is 9.18 Å².